The van der Waals surface area contributed by atoms with Gasteiger partial charge in [-0.15, -0.1) is 11.3 Å². The van der Waals surface area contributed by atoms with Gasteiger partial charge in [0.05, 0.1) is 0 Å². The lowest BCUT2D eigenvalue weighted by Crippen LogP contribution is -2.39. The van der Waals surface area contributed by atoms with Crippen molar-refractivity contribution in [1.82, 2.24) is 4.90 Å². The quantitative estimate of drug-likeness (QED) is 0.616. The predicted octanol–water partition coefficient (Wildman–Crippen LogP) is 3.73. The Labute approximate surface area is 147 Å². The van der Waals surface area contributed by atoms with Gasteiger partial charge in [-0.1, -0.05) is 26.8 Å². The summed E-state index contributed by atoms with van der Waals surface area (Å²) in [5.41, 5.74) is 0.470. The molecule has 2 fully saturated rings. The molecule has 2 bridgehead atoms. The monoisotopic (exact) mass is 347 g/mol. The first-order valence-electron chi connectivity index (χ1n) is 8.44. The maximum Gasteiger partial charge on any atom is 0.331 e. The minimum atomic E-state index is -0.467. The number of fused-ring (bicyclic) bond motifs is 2. The van der Waals surface area contributed by atoms with E-state index in [2.05, 4.69) is 20.8 Å². The third-order valence-corrected chi connectivity index (χ3v) is 5.84. The fourth-order valence-corrected chi connectivity index (χ4v) is 5.17. The second kappa shape index (κ2) is 6.36. The summed E-state index contributed by atoms with van der Waals surface area (Å²) in [6.07, 6.45) is 6.33. The van der Waals surface area contributed by atoms with Crippen molar-refractivity contribution in [2.75, 3.05) is 13.2 Å². The van der Waals surface area contributed by atoms with Crippen molar-refractivity contribution in [3.8, 4) is 0 Å². The number of thiophene rings is 1. The van der Waals surface area contributed by atoms with Gasteiger partial charge in [0.15, 0.2) is 6.61 Å². The topological polar surface area (TPSA) is 46.6 Å². The molecule has 2 unspecified atom stereocenters. The van der Waals surface area contributed by atoms with E-state index < -0.39 is 5.97 Å². The largest absolute Gasteiger partial charge is 0.452 e. The van der Waals surface area contributed by atoms with Crippen LogP contribution < -0.4 is 0 Å². The predicted molar refractivity (Wildman–Crippen MR) is 95.6 cm³/mol. The van der Waals surface area contributed by atoms with E-state index in [1.807, 2.05) is 22.4 Å². The van der Waals surface area contributed by atoms with E-state index in [9.17, 15) is 9.59 Å². The molecule has 0 N–H and O–H groups in total. The van der Waals surface area contributed by atoms with Crippen LogP contribution in [-0.2, 0) is 14.3 Å². The van der Waals surface area contributed by atoms with Gasteiger partial charge < -0.3 is 9.64 Å². The van der Waals surface area contributed by atoms with E-state index in [0.717, 1.165) is 30.7 Å². The van der Waals surface area contributed by atoms with Crippen LogP contribution in [0.4, 0.5) is 0 Å². The van der Waals surface area contributed by atoms with Crippen molar-refractivity contribution in [1.29, 1.82) is 0 Å². The fraction of sp³-hybridized carbons (Fsp3) is 0.579. The number of amides is 1. The molecule has 4 nitrogen and oxygen atoms in total. The summed E-state index contributed by atoms with van der Waals surface area (Å²) in [5.74, 6) is -0.537. The van der Waals surface area contributed by atoms with E-state index in [-0.39, 0.29) is 29.4 Å². The summed E-state index contributed by atoms with van der Waals surface area (Å²) < 4.78 is 5.14. The molecule has 1 amide bonds. The Morgan fingerprint density at radius 2 is 2.17 bits per heavy atom. The molecule has 1 aliphatic heterocycles. The molecule has 130 valence electrons. The number of hydrogen-bond donors (Lipinski definition) is 0. The van der Waals surface area contributed by atoms with Gasteiger partial charge >= 0.3 is 5.97 Å². The summed E-state index contributed by atoms with van der Waals surface area (Å²) in [6.45, 7) is 7.44. The van der Waals surface area contributed by atoms with Crippen LogP contribution in [0.15, 0.2) is 23.6 Å². The Balaban J connectivity index is 1.53. The molecule has 0 aromatic carbocycles. The van der Waals surface area contributed by atoms with Crippen LogP contribution in [0.2, 0.25) is 0 Å². The standard InChI is InChI=1S/C19H25NO3S/c1-18(2)9-14-10-19(3,12-18)13-20(14)16(21)11-23-17(22)7-6-15-5-4-8-24-15/h4-8,14H,9-13H2,1-3H3/b7-6+. The highest BCUT2D eigenvalue weighted by atomic mass is 32.1. The molecular weight excluding hydrogens is 322 g/mol. The summed E-state index contributed by atoms with van der Waals surface area (Å²) in [7, 11) is 0. The minimum Gasteiger partial charge on any atom is -0.452 e. The molecule has 24 heavy (non-hydrogen) atoms. The molecule has 1 aromatic heterocycles. The lowest BCUT2D eigenvalue weighted by Gasteiger charge is -2.39. The normalized spacial score (nSPS) is 28.3. The van der Waals surface area contributed by atoms with E-state index in [1.165, 1.54) is 6.08 Å². The third kappa shape index (κ3) is 3.89. The van der Waals surface area contributed by atoms with Gasteiger partial charge in [-0.3, -0.25) is 4.79 Å². The number of nitrogens with zero attached hydrogens (tertiary/aromatic N) is 1. The smallest absolute Gasteiger partial charge is 0.331 e. The summed E-state index contributed by atoms with van der Waals surface area (Å²) >= 11 is 1.55. The van der Waals surface area contributed by atoms with Gasteiger partial charge in [-0.25, -0.2) is 4.79 Å². The molecule has 0 radical (unpaired) electrons. The zero-order valence-electron chi connectivity index (χ0n) is 14.6. The SMILES string of the molecule is CC1(C)CC2CC(C)(CN2C(=O)COC(=O)/C=C/c2cccs2)C1. The first-order valence-corrected chi connectivity index (χ1v) is 9.32. The van der Waals surface area contributed by atoms with Crippen LogP contribution in [0, 0.1) is 10.8 Å². The number of carbonyl (C=O) groups excluding carboxylic acids is 2. The van der Waals surface area contributed by atoms with Crippen molar-refractivity contribution in [3.63, 3.8) is 0 Å². The van der Waals surface area contributed by atoms with E-state index >= 15 is 0 Å². The van der Waals surface area contributed by atoms with Gasteiger partial charge in [-0.2, -0.15) is 0 Å². The highest BCUT2D eigenvalue weighted by Gasteiger charge is 2.50. The van der Waals surface area contributed by atoms with E-state index in [4.69, 9.17) is 4.74 Å². The Hall–Kier alpha value is -1.62. The van der Waals surface area contributed by atoms with Crippen molar-refractivity contribution < 1.29 is 14.3 Å². The number of rotatable bonds is 4. The zero-order valence-corrected chi connectivity index (χ0v) is 15.4. The molecule has 2 aliphatic rings. The Kier molecular flexibility index (Phi) is 4.56. The van der Waals surface area contributed by atoms with Crippen LogP contribution in [0.3, 0.4) is 0 Å². The summed E-state index contributed by atoms with van der Waals surface area (Å²) in [6, 6.07) is 4.13. The molecule has 0 spiro atoms. The average molecular weight is 347 g/mol. The number of carbonyl (C=O) groups is 2. The lowest BCUT2D eigenvalue weighted by atomic mass is 9.65. The van der Waals surface area contributed by atoms with Crippen LogP contribution in [0.5, 0.6) is 0 Å². The lowest BCUT2D eigenvalue weighted by molar-refractivity contribution is -0.148. The Morgan fingerprint density at radius 3 is 2.88 bits per heavy atom. The maximum atomic E-state index is 12.5. The maximum absolute atomic E-state index is 12.5. The minimum absolute atomic E-state index is 0.0701. The van der Waals surface area contributed by atoms with Gasteiger partial charge in [0.2, 0.25) is 0 Å². The van der Waals surface area contributed by atoms with Crippen molar-refractivity contribution in [2.24, 2.45) is 10.8 Å². The van der Waals surface area contributed by atoms with Crippen LogP contribution in [-0.4, -0.2) is 36.0 Å². The summed E-state index contributed by atoms with van der Waals surface area (Å²) in [4.78, 5) is 27.2. The van der Waals surface area contributed by atoms with Gasteiger partial charge in [0.25, 0.3) is 5.91 Å². The molecule has 1 saturated carbocycles. The number of likely N-dealkylation sites (tertiary alicyclic amines) is 1. The number of ether oxygens (including phenoxy) is 1. The molecule has 3 rings (SSSR count). The van der Waals surface area contributed by atoms with Gasteiger partial charge in [0.1, 0.15) is 0 Å². The van der Waals surface area contributed by atoms with Crippen molar-refractivity contribution in [3.05, 3.63) is 28.5 Å². The zero-order chi connectivity index (χ0) is 17.4. The van der Waals surface area contributed by atoms with E-state index in [0.29, 0.717) is 0 Å². The van der Waals surface area contributed by atoms with Crippen molar-refractivity contribution in [2.45, 2.75) is 46.1 Å². The Morgan fingerprint density at radius 1 is 1.38 bits per heavy atom. The molecule has 1 aliphatic carbocycles. The second-order valence-electron chi connectivity index (χ2n) is 8.19. The first-order chi connectivity index (χ1) is 11.3. The average Bonchev–Trinajstić information content (AvgIpc) is 3.07. The third-order valence-electron chi connectivity index (χ3n) is 5.00. The molecule has 5 heteroatoms. The van der Waals surface area contributed by atoms with Crippen LogP contribution in [0.25, 0.3) is 6.08 Å². The molecule has 2 atom stereocenters. The van der Waals surface area contributed by atoms with Crippen LogP contribution in [0.1, 0.15) is 44.9 Å². The highest BCUT2D eigenvalue weighted by molar-refractivity contribution is 7.10. The Bertz CT molecular complexity index is 650. The number of esters is 1. The first kappa shape index (κ1) is 17.2. The number of hydrogen-bond acceptors (Lipinski definition) is 4. The molecule has 1 saturated heterocycles. The van der Waals surface area contributed by atoms with Gasteiger partial charge in [0, 0.05) is 23.5 Å². The van der Waals surface area contributed by atoms with Crippen LogP contribution >= 0.6 is 11.3 Å². The van der Waals surface area contributed by atoms with Gasteiger partial charge in [-0.05, 0) is 47.6 Å². The molecule has 1 aromatic rings. The van der Waals surface area contributed by atoms with Crippen molar-refractivity contribution >= 4 is 29.3 Å². The molecule has 2 heterocycles. The molecular formula is C19H25NO3S. The summed E-state index contributed by atoms with van der Waals surface area (Å²) in [5, 5.41) is 1.95. The fourth-order valence-electron chi connectivity index (χ4n) is 4.55. The van der Waals surface area contributed by atoms with E-state index in [1.54, 1.807) is 17.4 Å². The highest BCUT2D eigenvalue weighted by Crippen LogP contribution is 2.52. The second-order valence-corrected chi connectivity index (χ2v) is 9.17.